The quantitative estimate of drug-likeness (QED) is 0.325. The Kier molecular flexibility index (Phi) is 8.48. The van der Waals surface area contributed by atoms with Gasteiger partial charge in [-0.15, -0.1) is 19.7 Å². The van der Waals surface area contributed by atoms with E-state index in [1.54, 1.807) is 50.9 Å². The minimum atomic E-state index is -0.202. The van der Waals surface area contributed by atoms with Crippen LogP contribution >= 0.6 is 23.3 Å². The number of methoxy groups -OCH3 is 2. The summed E-state index contributed by atoms with van der Waals surface area (Å²) in [6.07, 6.45) is 6.16. The molecule has 0 bridgehead atoms. The highest BCUT2D eigenvalue weighted by Crippen LogP contribution is 2.40. The number of amidine groups is 1. The molecule has 1 unspecified atom stereocenters. The van der Waals surface area contributed by atoms with E-state index in [0.717, 1.165) is 24.3 Å². The van der Waals surface area contributed by atoms with Gasteiger partial charge in [-0.2, -0.15) is 0 Å². The first-order chi connectivity index (χ1) is 19.0. The molecule has 0 spiro atoms. The Morgan fingerprint density at radius 1 is 0.974 bits per heavy atom. The first-order valence-electron chi connectivity index (χ1n) is 12.2. The van der Waals surface area contributed by atoms with Gasteiger partial charge in [0.05, 0.1) is 39.5 Å². The van der Waals surface area contributed by atoms with Crippen molar-refractivity contribution in [3.8, 4) is 11.5 Å². The standard InChI is InChI=1S/C24H27N9O4S2/c1-36-18-7-4-15(25-12-18)10-20(34)27-23-30-29-22(38-23)14-3-6-17(9-14)33-32-31-24(39-33)28-21(35)11-16-5-8-19(37-2)13-26-16/h4-5,7-8,12-14,17,32H,3,6,9-11H2,1-2H3,(H,27,30,34)(H,28,31,35)/t14?,17-/m0/s1. The topological polar surface area (TPSA) is 156 Å². The normalized spacial score (nSPS) is 18.8. The van der Waals surface area contributed by atoms with Gasteiger partial charge in [-0.1, -0.05) is 11.3 Å². The number of nitrogens with zero attached hydrogens (tertiary/aromatic N) is 6. The van der Waals surface area contributed by atoms with Crippen molar-refractivity contribution < 1.29 is 19.1 Å². The van der Waals surface area contributed by atoms with Gasteiger partial charge >= 0.3 is 0 Å². The van der Waals surface area contributed by atoms with Gasteiger partial charge in [0.1, 0.15) is 16.5 Å². The van der Waals surface area contributed by atoms with Crippen LogP contribution in [0.2, 0.25) is 0 Å². The molecule has 5 rings (SSSR count). The zero-order valence-corrected chi connectivity index (χ0v) is 22.9. The average molecular weight is 570 g/mol. The molecule has 1 saturated carbocycles. The van der Waals surface area contributed by atoms with Gasteiger partial charge in [-0.3, -0.25) is 19.6 Å². The molecule has 39 heavy (non-hydrogen) atoms. The fraction of sp³-hybridized carbons (Fsp3) is 0.375. The average Bonchev–Trinajstić information content (AvgIpc) is 3.71. The number of rotatable bonds is 9. The van der Waals surface area contributed by atoms with Crippen molar-refractivity contribution in [3.63, 3.8) is 0 Å². The van der Waals surface area contributed by atoms with Crippen molar-refractivity contribution in [3.05, 3.63) is 53.1 Å². The van der Waals surface area contributed by atoms with Crippen molar-refractivity contribution in [1.29, 1.82) is 0 Å². The van der Waals surface area contributed by atoms with E-state index < -0.39 is 0 Å². The first kappa shape index (κ1) is 26.8. The van der Waals surface area contributed by atoms with E-state index >= 15 is 0 Å². The highest BCUT2D eigenvalue weighted by atomic mass is 32.2. The zero-order chi connectivity index (χ0) is 27.2. The van der Waals surface area contributed by atoms with Crippen LogP contribution in [0, 0.1) is 0 Å². The van der Waals surface area contributed by atoms with Crippen LogP contribution in [-0.2, 0) is 22.4 Å². The molecule has 3 N–H and O–H groups in total. The van der Waals surface area contributed by atoms with Crippen LogP contribution in [0.5, 0.6) is 11.5 Å². The molecule has 1 aliphatic carbocycles. The number of hydrazine groups is 1. The summed E-state index contributed by atoms with van der Waals surface area (Å²) in [5, 5.41) is 20.2. The van der Waals surface area contributed by atoms with Crippen LogP contribution in [-0.4, -0.2) is 61.8 Å². The molecule has 13 nitrogen and oxygen atoms in total. The van der Waals surface area contributed by atoms with E-state index in [-0.39, 0.29) is 36.6 Å². The maximum absolute atomic E-state index is 12.4. The summed E-state index contributed by atoms with van der Waals surface area (Å²) in [6.45, 7) is 0. The molecule has 2 aliphatic rings. The third kappa shape index (κ3) is 6.99. The summed E-state index contributed by atoms with van der Waals surface area (Å²) in [4.78, 5) is 33.3. The number of ether oxygens (including phenoxy) is 2. The third-order valence-corrected chi connectivity index (χ3v) is 8.15. The lowest BCUT2D eigenvalue weighted by Crippen LogP contribution is -2.34. The third-order valence-electron chi connectivity index (χ3n) is 6.20. The van der Waals surface area contributed by atoms with Crippen molar-refractivity contribution in [2.24, 2.45) is 5.10 Å². The number of hydrogen-bond donors (Lipinski definition) is 3. The van der Waals surface area contributed by atoms with Crippen molar-refractivity contribution >= 4 is 45.4 Å². The maximum Gasteiger partial charge on any atom is 0.232 e. The number of anilines is 1. The van der Waals surface area contributed by atoms with E-state index in [1.165, 1.54) is 23.3 Å². The Balaban J connectivity index is 1.06. The lowest BCUT2D eigenvalue weighted by Gasteiger charge is -2.20. The number of pyridine rings is 2. The summed E-state index contributed by atoms with van der Waals surface area (Å²) in [7, 11) is 3.14. The molecule has 3 aromatic rings. The molecule has 0 saturated heterocycles. The minimum absolute atomic E-state index is 0.137. The Morgan fingerprint density at radius 2 is 1.64 bits per heavy atom. The minimum Gasteiger partial charge on any atom is -0.495 e. The summed E-state index contributed by atoms with van der Waals surface area (Å²) in [5.41, 5.74) is 4.29. The SMILES string of the molecule is COc1ccc(CC(=O)NC2=NNN([C@H]3CCC(c4nnc(NC(=O)Cc5ccc(OC)cn5)s4)C3)S2)nc1. The van der Waals surface area contributed by atoms with E-state index in [2.05, 4.69) is 41.4 Å². The fourth-order valence-electron chi connectivity index (χ4n) is 4.21. The van der Waals surface area contributed by atoms with Crippen LogP contribution in [0.1, 0.15) is 41.6 Å². The highest BCUT2D eigenvalue weighted by molar-refractivity contribution is 8.12. The molecular formula is C24H27N9O4S2. The van der Waals surface area contributed by atoms with Crippen LogP contribution in [0.25, 0.3) is 0 Å². The van der Waals surface area contributed by atoms with Crippen LogP contribution < -0.4 is 25.6 Å². The lowest BCUT2D eigenvalue weighted by atomic mass is 10.1. The van der Waals surface area contributed by atoms with Crippen LogP contribution in [0.3, 0.4) is 0 Å². The molecule has 1 aliphatic heterocycles. The largest absolute Gasteiger partial charge is 0.495 e. The summed E-state index contributed by atoms with van der Waals surface area (Å²) in [6, 6.07) is 7.25. The summed E-state index contributed by atoms with van der Waals surface area (Å²) in [5.74, 6) is 1.11. The Bertz CT molecular complexity index is 1330. The van der Waals surface area contributed by atoms with E-state index in [0.29, 0.717) is 33.2 Å². The van der Waals surface area contributed by atoms with Crippen molar-refractivity contribution in [1.82, 2.24) is 35.4 Å². The smallest absolute Gasteiger partial charge is 0.232 e. The highest BCUT2D eigenvalue weighted by Gasteiger charge is 2.35. The second-order valence-electron chi connectivity index (χ2n) is 8.87. The number of hydrazone groups is 1. The van der Waals surface area contributed by atoms with Gasteiger partial charge in [0.15, 0.2) is 0 Å². The zero-order valence-electron chi connectivity index (χ0n) is 21.3. The predicted octanol–water partition coefficient (Wildman–Crippen LogP) is 2.26. The molecule has 15 heteroatoms. The fourth-order valence-corrected chi connectivity index (χ4v) is 5.97. The Hall–Kier alpha value is -3.82. The molecule has 2 amide bonds. The molecule has 0 aromatic carbocycles. The molecule has 1 fully saturated rings. The predicted molar refractivity (Wildman–Crippen MR) is 146 cm³/mol. The number of carbonyl (C=O) groups excluding carboxylic acids is 2. The van der Waals surface area contributed by atoms with Crippen molar-refractivity contribution in [2.45, 2.75) is 44.1 Å². The first-order valence-corrected chi connectivity index (χ1v) is 13.8. The van der Waals surface area contributed by atoms with Gasteiger partial charge in [-0.25, -0.2) is 5.53 Å². The molecule has 2 atom stereocenters. The van der Waals surface area contributed by atoms with Gasteiger partial charge in [0, 0.05) is 35.3 Å². The van der Waals surface area contributed by atoms with Gasteiger partial charge in [0.25, 0.3) is 0 Å². The second-order valence-corrected chi connectivity index (χ2v) is 10.8. The van der Waals surface area contributed by atoms with Gasteiger partial charge in [0.2, 0.25) is 22.1 Å². The number of carbonyl (C=O) groups is 2. The second kappa shape index (κ2) is 12.4. The lowest BCUT2D eigenvalue weighted by molar-refractivity contribution is -0.119. The number of amides is 2. The van der Waals surface area contributed by atoms with Gasteiger partial charge in [-0.05, 0) is 43.5 Å². The van der Waals surface area contributed by atoms with E-state index in [9.17, 15) is 9.59 Å². The summed E-state index contributed by atoms with van der Waals surface area (Å²) < 4.78 is 12.1. The maximum atomic E-state index is 12.4. The van der Waals surface area contributed by atoms with Crippen LogP contribution in [0.15, 0.2) is 41.8 Å². The summed E-state index contributed by atoms with van der Waals surface area (Å²) >= 11 is 2.76. The van der Waals surface area contributed by atoms with Gasteiger partial charge < -0.3 is 20.1 Å². The Morgan fingerprint density at radius 3 is 2.26 bits per heavy atom. The molecule has 204 valence electrons. The molecule has 4 heterocycles. The molecule has 3 aromatic heterocycles. The van der Waals surface area contributed by atoms with E-state index in [1.807, 2.05) is 4.41 Å². The Labute approximate surface area is 232 Å². The number of aromatic nitrogens is 4. The monoisotopic (exact) mass is 569 g/mol. The van der Waals surface area contributed by atoms with Crippen molar-refractivity contribution in [2.75, 3.05) is 19.5 Å². The number of nitrogens with one attached hydrogen (secondary N) is 3. The number of hydrogen-bond acceptors (Lipinski definition) is 13. The molecular weight excluding hydrogens is 542 g/mol. The molecule has 0 radical (unpaired) electrons. The van der Waals surface area contributed by atoms with E-state index in [4.69, 9.17) is 9.47 Å². The van der Waals surface area contributed by atoms with Crippen LogP contribution in [0.4, 0.5) is 5.13 Å².